The molecule has 0 aliphatic carbocycles. The van der Waals surface area contributed by atoms with Gasteiger partial charge >= 0.3 is 5.97 Å². The summed E-state index contributed by atoms with van der Waals surface area (Å²) in [5.74, 6) is -0.471. The average Bonchev–Trinajstić information content (AvgIpc) is 2.93. The Morgan fingerprint density at radius 1 is 0.744 bits per heavy atom. The van der Waals surface area contributed by atoms with Crippen LogP contribution in [0.4, 0.5) is 0 Å². The Kier molecular flexibility index (Phi) is 18.8. The summed E-state index contributed by atoms with van der Waals surface area (Å²) in [6.07, 6.45) is 18.9. The van der Waals surface area contributed by atoms with Crippen LogP contribution in [0.2, 0.25) is 0 Å². The summed E-state index contributed by atoms with van der Waals surface area (Å²) in [5, 5.41) is 11.4. The van der Waals surface area contributed by atoms with Gasteiger partial charge in [0.15, 0.2) is 6.10 Å². The van der Waals surface area contributed by atoms with E-state index in [0.717, 1.165) is 56.9 Å². The van der Waals surface area contributed by atoms with Crippen molar-refractivity contribution < 1.29 is 19.4 Å². The normalized spacial score (nSPS) is 15.3. The second kappa shape index (κ2) is 21.1. The lowest BCUT2D eigenvalue weighted by Crippen LogP contribution is -2.43. The fourth-order valence-electron chi connectivity index (χ4n) is 4.97. The first-order valence-electron chi connectivity index (χ1n) is 16.1. The molecule has 4 heteroatoms. The van der Waals surface area contributed by atoms with E-state index in [4.69, 9.17) is 9.47 Å². The lowest BCUT2D eigenvalue weighted by atomic mass is 9.88. The lowest BCUT2D eigenvalue weighted by molar-refractivity contribution is -0.176. The molecule has 1 aromatic carbocycles. The van der Waals surface area contributed by atoms with Crippen LogP contribution in [0.1, 0.15) is 131 Å². The van der Waals surface area contributed by atoms with Gasteiger partial charge in [-0.1, -0.05) is 88.6 Å². The van der Waals surface area contributed by atoms with Gasteiger partial charge in [-0.3, -0.25) is 0 Å². The first kappa shape index (κ1) is 38.3. The Morgan fingerprint density at radius 3 is 1.77 bits per heavy atom. The molecule has 0 aromatic heterocycles. The zero-order valence-electron chi connectivity index (χ0n) is 28.7. The van der Waals surface area contributed by atoms with Gasteiger partial charge in [0.05, 0.1) is 5.60 Å². The molecule has 0 aliphatic heterocycles. The minimum atomic E-state index is -1.16. The topological polar surface area (TPSA) is 55.8 Å². The third-order valence-electron chi connectivity index (χ3n) is 7.78. The molecule has 1 N–H and O–H groups in total. The number of carbonyl (C=O) groups excluding carboxylic acids is 1. The fraction of sp³-hybridized carbons (Fsp3) is 0.564. The maximum Gasteiger partial charge on any atom is 0.340 e. The predicted molar refractivity (Wildman–Crippen MR) is 183 cm³/mol. The van der Waals surface area contributed by atoms with E-state index in [2.05, 4.69) is 65.0 Å². The fourth-order valence-corrected chi connectivity index (χ4v) is 4.97. The van der Waals surface area contributed by atoms with Crippen molar-refractivity contribution in [1.29, 1.82) is 0 Å². The SMILES string of the molecule is CO[C@H](C(=O)O[C@H](CC/C(C)=C/CC/C=C(\C)CC/C=C(\C)CCC=C(C)C)[C@@](C)(O)CCC=C(C)C)c1ccccc1. The highest BCUT2D eigenvalue weighted by atomic mass is 16.6. The standard InChI is InChI=1S/C39H60O4/c1-30(2)18-15-22-33(6)24-16-23-32(5)20-13-14-21-34(7)27-28-36(39(8,41)29-17-19-31(3)4)43-38(40)37(42-9)35-25-11-10-12-26-35/h10-12,18-21,24-26,36-37,41H,13-17,22-23,27-29H2,1-9H3/b32-20+,33-24+,34-21+/t36-,37+,39+/m1/s1. The Morgan fingerprint density at radius 2 is 1.23 bits per heavy atom. The maximum atomic E-state index is 13.2. The molecule has 0 saturated carbocycles. The summed E-state index contributed by atoms with van der Waals surface area (Å²) >= 11 is 0. The zero-order valence-corrected chi connectivity index (χ0v) is 28.7. The van der Waals surface area contributed by atoms with Crippen LogP contribution in [0.25, 0.3) is 0 Å². The molecule has 0 amide bonds. The number of benzene rings is 1. The highest BCUT2D eigenvalue weighted by molar-refractivity contribution is 5.76. The number of rotatable bonds is 20. The summed E-state index contributed by atoms with van der Waals surface area (Å²) in [6, 6.07) is 9.35. The largest absolute Gasteiger partial charge is 0.457 e. The van der Waals surface area contributed by atoms with E-state index in [1.54, 1.807) is 6.92 Å². The van der Waals surface area contributed by atoms with Gasteiger partial charge in [0.25, 0.3) is 0 Å². The molecule has 0 bridgehead atoms. The maximum absolute atomic E-state index is 13.2. The quantitative estimate of drug-likeness (QED) is 0.0929. The van der Waals surface area contributed by atoms with Crippen molar-refractivity contribution in [3.8, 4) is 0 Å². The molecule has 3 atom stereocenters. The second-order valence-electron chi connectivity index (χ2n) is 12.8. The van der Waals surface area contributed by atoms with Crippen molar-refractivity contribution in [2.24, 2.45) is 0 Å². The van der Waals surface area contributed by atoms with Crippen molar-refractivity contribution in [3.63, 3.8) is 0 Å². The molecule has 1 rings (SSSR count). The second-order valence-corrected chi connectivity index (χ2v) is 12.8. The molecule has 43 heavy (non-hydrogen) atoms. The van der Waals surface area contributed by atoms with Gasteiger partial charge in [-0.25, -0.2) is 4.79 Å². The molecular formula is C39H60O4. The van der Waals surface area contributed by atoms with Gasteiger partial charge in [0.2, 0.25) is 0 Å². The van der Waals surface area contributed by atoms with Gasteiger partial charge in [0, 0.05) is 7.11 Å². The molecular weight excluding hydrogens is 532 g/mol. The molecule has 0 spiro atoms. The van der Waals surface area contributed by atoms with Crippen molar-refractivity contribution in [1.82, 2.24) is 0 Å². The molecule has 0 heterocycles. The van der Waals surface area contributed by atoms with Gasteiger partial charge in [-0.15, -0.1) is 0 Å². The minimum Gasteiger partial charge on any atom is -0.457 e. The van der Waals surface area contributed by atoms with Crippen LogP contribution in [0.15, 0.2) is 88.6 Å². The molecule has 0 saturated heterocycles. The van der Waals surface area contributed by atoms with Gasteiger partial charge in [-0.2, -0.15) is 0 Å². The number of hydrogen-bond acceptors (Lipinski definition) is 4. The first-order valence-corrected chi connectivity index (χ1v) is 16.1. The van der Waals surface area contributed by atoms with Crippen LogP contribution in [0, 0.1) is 0 Å². The van der Waals surface area contributed by atoms with Gasteiger partial charge < -0.3 is 14.6 Å². The first-order chi connectivity index (χ1) is 20.4. The lowest BCUT2D eigenvalue weighted by Gasteiger charge is -2.33. The molecule has 0 unspecified atom stereocenters. The Hall–Kier alpha value is -2.69. The highest BCUT2D eigenvalue weighted by Gasteiger charge is 2.36. The van der Waals surface area contributed by atoms with Crippen LogP contribution in [-0.4, -0.2) is 29.9 Å². The van der Waals surface area contributed by atoms with E-state index in [-0.39, 0.29) is 0 Å². The summed E-state index contributed by atoms with van der Waals surface area (Å²) in [6.45, 7) is 16.8. The van der Waals surface area contributed by atoms with Crippen molar-refractivity contribution in [2.75, 3.05) is 7.11 Å². The van der Waals surface area contributed by atoms with E-state index < -0.39 is 23.8 Å². The molecule has 0 aliphatic rings. The van der Waals surface area contributed by atoms with Crippen molar-refractivity contribution in [3.05, 3.63) is 94.1 Å². The van der Waals surface area contributed by atoms with E-state index >= 15 is 0 Å². The predicted octanol–water partition coefficient (Wildman–Crippen LogP) is 10.7. The van der Waals surface area contributed by atoms with Gasteiger partial charge in [-0.05, 0) is 125 Å². The van der Waals surface area contributed by atoms with Crippen molar-refractivity contribution in [2.45, 2.75) is 137 Å². The number of methoxy groups -OCH3 is 1. The monoisotopic (exact) mass is 592 g/mol. The number of allylic oxidation sites excluding steroid dienone is 10. The Balaban J connectivity index is 2.74. The van der Waals surface area contributed by atoms with Crippen LogP contribution < -0.4 is 0 Å². The summed E-state index contributed by atoms with van der Waals surface area (Å²) in [4.78, 5) is 13.2. The highest BCUT2D eigenvalue weighted by Crippen LogP contribution is 2.28. The number of unbranched alkanes of at least 4 members (excludes halogenated alkanes) is 1. The Labute approximate surface area is 263 Å². The zero-order chi connectivity index (χ0) is 32.3. The van der Waals surface area contributed by atoms with Crippen LogP contribution in [0.5, 0.6) is 0 Å². The summed E-state index contributed by atoms with van der Waals surface area (Å²) in [7, 11) is 1.51. The van der Waals surface area contributed by atoms with Crippen LogP contribution >= 0.6 is 0 Å². The van der Waals surface area contributed by atoms with Crippen LogP contribution in [0.3, 0.4) is 0 Å². The summed E-state index contributed by atoms with van der Waals surface area (Å²) < 4.78 is 11.5. The smallest absolute Gasteiger partial charge is 0.340 e. The molecule has 0 radical (unpaired) electrons. The molecule has 240 valence electrons. The van der Waals surface area contributed by atoms with Gasteiger partial charge in [0.1, 0.15) is 6.10 Å². The van der Waals surface area contributed by atoms with E-state index in [1.165, 1.54) is 35.0 Å². The molecule has 0 fully saturated rings. The van der Waals surface area contributed by atoms with E-state index in [9.17, 15) is 9.90 Å². The Bertz CT molecular complexity index is 1090. The minimum absolute atomic E-state index is 0.471. The number of esters is 1. The number of carbonyl (C=O) groups is 1. The van der Waals surface area contributed by atoms with Crippen molar-refractivity contribution >= 4 is 5.97 Å². The number of aliphatic hydroxyl groups is 1. The summed E-state index contributed by atoms with van der Waals surface area (Å²) in [5.41, 5.74) is 6.33. The third kappa shape index (κ3) is 17.3. The third-order valence-corrected chi connectivity index (χ3v) is 7.78. The van der Waals surface area contributed by atoms with E-state index in [0.29, 0.717) is 12.8 Å². The van der Waals surface area contributed by atoms with Crippen LogP contribution in [-0.2, 0) is 14.3 Å². The number of hydrogen-bond donors (Lipinski definition) is 1. The molecule has 4 nitrogen and oxygen atoms in total. The van der Waals surface area contributed by atoms with E-state index in [1.807, 2.05) is 44.2 Å². The number of ether oxygens (including phenoxy) is 2. The molecule has 1 aromatic rings. The average molecular weight is 593 g/mol.